The average Bonchev–Trinajstić information content (AvgIpc) is 2.99. The largest absolute Gasteiger partial charge is 0.469 e. The van der Waals surface area contributed by atoms with Crippen LogP contribution in [0.25, 0.3) is 0 Å². The van der Waals surface area contributed by atoms with Gasteiger partial charge in [-0.3, -0.25) is 4.79 Å². The number of carbonyl (C=O) groups is 1. The maximum absolute atomic E-state index is 12.1. The van der Waals surface area contributed by atoms with Crippen molar-refractivity contribution >= 4 is 5.91 Å². The van der Waals surface area contributed by atoms with E-state index in [0.29, 0.717) is 12.8 Å². The Labute approximate surface area is 119 Å². The molecular weight excluding hydrogens is 250 g/mol. The lowest BCUT2D eigenvalue weighted by Crippen LogP contribution is -2.31. The van der Waals surface area contributed by atoms with Crippen molar-refractivity contribution < 1.29 is 9.21 Å². The number of carbonyl (C=O) groups excluding carboxylic acids is 1. The molecule has 1 heterocycles. The molecule has 3 heteroatoms. The molecule has 1 aromatic heterocycles. The molecule has 2 aromatic rings. The van der Waals surface area contributed by atoms with Crippen LogP contribution in [-0.4, -0.2) is 5.91 Å². The Hall–Kier alpha value is -2.03. The molecule has 1 aromatic carbocycles. The number of amides is 1. The first kappa shape index (κ1) is 13.0. The Balaban J connectivity index is 1.59. The minimum atomic E-state index is 0.100. The van der Waals surface area contributed by atoms with Crippen LogP contribution in [-0.2, 0) is 17.6 Å². The van der Waals surface area contributed by atoms with E-state index < -0.39 is 0 Å². The summed E-state index contributed by atoms with van der Waals surface area (Å²) in [6.45, 7) is 0. The Kier molecular flexibility index (Phi) is 3.86. The lowest BCUT2D eigenvalue weighted by molar-refractivity contribution is -0.122. The summed E-state index contributed by atoms with van der Waals surface area (Å²) in [5, 5.41) is 3.16. The predicted octanol–water partition coefficient (Wildman–Crippen LogP) is 3.41. The van der Waals surface area contributed by atoms with Gasteiger partial charge in [0.2, 0.25) is 5.91 Å². The molecule has 3 rings (SSSR count). The van der Waals surface area contributed by atoms with Gasteiger partial charge in [0.1, 0.15) is 5.76 Å². The van der Waals surface area contributed by atoms with E-state index in [1.54, 1.807) is 6.26 Å². The van der Waals surface area contributed by atoms with Crippen molar-refractivity contribution in [3.8, 4) is 0 Å². The molecule has 20 heavy (non-hydrogen) atoms. The zero-order chi connectivity index (χ0) is 13.8. The number of hydrogen-bond donors (Lipinski definition) is 1. The highest BCUT2D eigenvalue weighted by Gasteiger charge is 2.21. The highest BCUT2D eigenvalue weighted by Crippen LogP contribution is 2.29. The van der Waals surface area contributed by atoms with Gasteiger partial charge >= 0.3 is 0 Å². The Bertz CT molecular complexity index is 574. The summed E-state index contributed by atoms with van der Waals surface area (Å²) >= 11 is 0. The molecule has 0 fully saturated rings. The van der Waals surface area contributed by atoms with Gasteiger partial charge in [0.05, 0.1) is 12.3 Å². The maximum Gasteiger partial charge on any atom is 0.220 e. The maximum atomic E-state index is 12.1. The van der Waals surface area contributed by atoms with E-state index in [9.17, 15) is 4.79 Å². The van der Waals surface area contributed by atoms with E-state index in [2.05, 4.69) is 23.5 Å². The molecule has 0 aliphatic heterocycles. The molecular formula is C17H19NO2. The minimum Gasteiger partial charge on any atom is -0.469 e. The van der Waals surface area contributed by atoms with Crippen LogP contribution < -0.4 is 5.32 Å². The van der Waals surface area contributed by atoms with Gasteiger partial charge in [0, 0.05) is 12.8 Å². The molecule has 0 spiro atoms. The fourth-order valence-electron chi connectivity index (χ4n) is 2.86. The SMILES string of the molecule is O=C(CCc1ccco1)N[C@H]1CCCc2ccccc21. The van der Waals surface area contributed by atoms with Gasteiger partial charge in [-0.1, -0.05) is 24.3 Å². The van der Waals surface area contributed by atoms with Crippen molar-refractivity contribution in [3.05, 3.63) is 59.5 Å². The second-order valence-corrected chi connectivity index (χ2v) is 5.29. The molecule has 0 unspecified atom stereocenters. The lowest BCUT2D eigenvalue weighted by Gasteiger charge is -2.26. The normalized spacial score (nSPS) is 17.5. The third-order valence-electron chi connectivity index (χ3n) is 3.88. The van der Waals surface area contributed by atoms with Gasteiger partial charge in [-0.15, -0.1) is 0 Å². The Morgan fingerprint density at radius 3 is 3.00 bits per heavy atom. The number of aryl methyl sites for hydroxylation is 2. The fraction of sp³-hybridized carbons (Fsp3) is 0.353. The number of fused-ring (bicyclic) bond motifs is 1. The van der Waals surface area contributed by atoms with Gasteiger partial charge in [0.25, 0.3) is 0 Å². The number of benzene rings is 1. The first-order valence-electron chi connectivity index (χ1n) is 7.22. The van der Waals surface area contributed by atoms with Crippen LogP contribution in [0.2, 0.25) is 0 Å². The topological polar surface area (TPSA) is 42.2 Å². The summed E-state index contributed by atoms with van der Waals surface area (Å²) in [6, 6.07) is 12.3. The van der Waals surface area contributed by atoms with Crippen molar-refractivity contribution in [2.45, 2.75) is 38.1 Å². The molecule has 1 atom stereocenters. The van der Waals surface area contributed by atoms with Gasteiger partial charge in [-0.25, -0.2) is 0 Å². The van der Waals surface area contributed by atoms with Crippen LogP contribution in [0.5, 0.6) is 0 Å². The standard InChI is InChI=1S/C17H19NO2/c19-17(11-10-14-7-4-12-20-14)18-16-9-3-6-13-5-1-2-8-15(13)16/h1-2,4-5,7-8,12,16H,3,6,9-11H2,(H,18,19)/t16-/m0/s1. The van der Waals surface area contributed by atoms with Crippen molar-refractivity contribution in [2.75, 3.05) is 0 Å². The number of nitrogens with one attached hydrogen (secondary N) is 1. The fourth-order valence-corrected chi connectivity index (χ4v) is 2.86. The van der Waals surface area contributed by atoms with Crippen molar-refractivity contribution in [1.29, 1.82) is 0 Å². The highest BCUT2D eigenvalue weighted by molar-refractivity contribution is 5.76. The monoisotopic (exact) mass is 269 g/mol. The molecule has 0 radical (unpaired) electrons. The van der Waals surface area contributed by atoms with E-state index in [-0.39, 0.29) is 11.9 Å². The van der Waals surface area contributed by atoms with Crippen LogP contribution >= 0.6 is 0 Å². The highest BCUT2D eigenvalue weighted by atomic mass is 16.3. The van der Waals surface area contributed by atoms with Crippen molar-refractivity contribution in [1.82, 2.24) is 5.32 Å². The summed E-state index contributed by atoms with van der Waals surface area (Å²) in [6.07, 6.45) is 6.07. The zero-order valence-electron chi connectivity index (χ0n) is 11.5. The zero-order valence-corrected chi connectivity index (χ0v) is 11.5. The Morgan fingerprint density at radius 1 is 1.25 bits per heavy atom. The second kappa shape index (κ2) is 5.95. The summed E-state index contributed by atoms with van der Waals surface area (Å²) < 4.78 is 5.25. The van der Waals surface area contributed by atoms with E-state index in [1.165, 1.54) is 11.1 Å². The third-order valence-corrected chi connectivity index (χ3v) is 3.88. The summed E-state index contributed by atoms with van der Waals surface area (Å²) in [4.78, 5) is 12.1. The predicted molar refractivity (Wildman–Crippen MR) is 77.3 cm³/mol. The molecule has 0 saturated carbocycles. The molecule has 0 saturated heterocycles. The molecule has 1 N–H and O–H groups in total. The molecule has 3 nitrogen and oxygen atoms in total. The first-order chi connectivity index (χ1) is 9.83. The van der Waals surface area contributed by atoms with E-state index in [0.717, 1.165) is 25.0 Å². The van der Waals surface area contributed by atoms with Gasteiger partial charge < -0.3 is 9.73 Å². The summed E-state index contributed by atoms with van der Waals surface area (Å²) in [7, 11) is 0. The van der Waals surface area contributed by atoms with Gasteiger partial charge in [-0.2, -0.15) is 0 Å². The minimum absolute atomic E-state index is 0.100. The van der Waals surface area contributed by atoms with Crippen LogP contribution in [0.3, 0.4) is 0 Å². The first-order valence-corrected chi connectivity index (χ1v) is 7.22. The van der Waals surface area contributed by atoms with Gasteiger partial charge in [0.15, 0.2) is 0 Å². The van der Waals surface area contributed by atoms with Crippen LogP contribution in [0.1, 0.15) is 42.2 Å². The van der Waals surface area contributed by atoms with E-state index in [4.69, 9.17) is 4.42 Å². The van der Waals surface area contributed by atoms with Crippen LogP contribution in [0.4, 0.5) is 0 Å². The summed E-state index contributed by atoms with van der Waals surface area (Å²) in [5.74, 6) is 0.965. The molecule has 0 bridgehead atoms. The quantitative estimate of drug-likeness (QED) is 0.924. The van der Waals surface area contributed by atoms with Crippen molar-refractivity contribution in [2.24, 2.45) is 0 Å². The Morgan fingerprint density at radius 2 is 2.15 bits per heavy atom. The van der Waals surface area contributed by atoms with Crippen molar-refractivity contribution in [3.63, 3.8) is 0 Å². The van der Waals surface area contributed by atoms with E-state index >= 15 is 0 Å². The third kappa shape index (κ3) is 2.93. The number of rotatable bonds is 4. The van der Waals surface area contributed by atoms with Crippen LogP contribution in [0.15, 0.2) is 47.1 Å². The smallest absolute Gasteiger partial charge is 0.220 e. The van der Waals surface area contributed by atoms with Gasteiger partial charge in [-0.05, 0) is 42.5 Å². The average molecular weight is 269 g/mol. The molecule has 1 aliphatic rings. The molecule has 104 valence electrons. The molecule has 1 amide bonds. The number of hydrogen-bond acceptors (Lipinski definition) is 2. The van der Waals surface area contributed by atoms with E-state index in [1.807, 2.05) is 18.2 Å². The second-order valence-electron chi connectivity index (χ2n) is 5.29. The molecule has 1 aliphatic carbocycles. The van der Waals surface area contributed by atoms with Crippen LogP contribution in [0, 0.1) is 0 Å². The summed E-state index contributed by atoms with van der Waals surface area (Å²) in [5.41, 5.74) is 2.65. The lowest BCUT2D eigenvalue weighted by atomic mass is 9.87. The number of furan rings is 1.